The molecule has 1 atom stereocenters. The standard InChI is InChI=1S/C13H17N3O2S/c14-12-5-3-6-13-15-10(9-16(12)13)8-11-4-1-2-7-19(11,17)18/h3,5-6,9,11H,1-2,4,7-8,14H2. The molecule has 2 N–H and O–H groups in total. The lowest BCUT2D eigenvalue weighted by Crippen LogP contribution is -2.30. The number of nitrogens with zero attached hydrogens (tertiary/aromatic N) is 2. The molecule has 0 bridgehead atoms. The average Bonchev–Trinajstić information content (AvgIpc) is 2.76. The first-order valence-corrected chi connectivity index (χ1v) is 8.22. The average molecular weight is 279 g/mol. The van der Waals surface area contributed by atoms with Gasteiger partial charge < -0.3 is 5.73 Å². The minimum absolute atomic E-state index is 0.285. The van der Waals surface area contributed by atoms with Gasteiger partial charge in [-0.25, -0.2) is 13.4 Å². The third kappa shape index (κ3) is 2.32. The van der Waals surface area contributed by atoms with Gasteiger partial charge in [0.15, 0.2) is 9.84 Å². The van der Waals surface area contributed by atoms with Crippen molar-refractivity contribution >= 4 is 21.3 Å². The molecule has 0 amide bonds. The molecular weight excluding hydrogens is 262 g/mol. The molecule has 1 unspecified atom stereocenters. The van der Waals surface area contributed by atoms with Crippen LogP contribution >= 0.6 is 0 Å². The molecule has 0 radical (unpaired) electrons. The Bertz CT molecular complexity index is 706. The van der Waals surface area contributed by atoms with Gasteiger partial charge in [-0.1, -0.05) is 12.5 Å². The lowest BCUT2D eigenvalue weighted by molar-refractivity contribution is 0.536. The number of hydrogen-bond donors (Lipinski definition) is 1. The number of rotatable bonds is 2. The van der Waals surface area contributed by atoms with Crippen LogP contribution in [0.1, 0.15) is 25.0 Å². The van der Waals surface area contributed by atoms with Crippen molar-refractivity contribution in [2.24, 2.45) is 0 Å². The van der Waals surface area contributed by atoms with Crippen LogP contribution in [0, 0.1) is 0 Å². The number of fused-ring (bicyclic) bond motifs is 1. The number of hydrogen-bond acceptors (Lipinski definition) is 4. The van der Waals surface area contributed by atoms with Gasteiger partial charge in [-0.3, -0.25) is 4.40 Å². The summed E-state index contributed by atoms with van der Waals surface area (Å²) in [4.78, 5) is 4.45. The third-order valence-electron chi connectivity index (χ3n) is 3.72. The Hall–Kier alpha value is -1.56. The van der Waals surface area contributed by atoms with Gasteiger partial charge >= 0.3 is 0 Å². The Morgan fingerprint density at radius 3 is 2.95 bits per heavy atom. The van der Waals surface area contributed by atoms with Gasteiger partial charge in [-0.2, -0.15) is 0 Å². The molecular formula is C13H17N3O2S. The topological polar surface area (TPSA) is 77.5 Å². The number of sulfone groups is 1. The van der Waals surface area contributed by atoms with Crippen LogP contribution in [0.3, 0.4) is 0 Å². The fourth-order valence-electron chi connectivity index (χ4n) is 2.66. The monoisotopic (exact) mass is 279 g/mol. The molecule has 0 saturated carbocycles. The molecule has 6 heteroatoms. The first-order valence-electron chi connectivity index (χ1n) is 6.50. The van der Waals surface area contributed by atoms with Crippen molar-refractivity contribution in [3.05, 3.63) is 30.1 Å². The SMILES string of the molecule is Nc1cccc2nc(CC3CCCCS3(=O)=O)cn12. The Kier molecular flexibility index (Phi) is 2.97. The summed E-state index contributed by atoms with van der Waals surface area (Å²) >= 11 is 0. The van der Waals surface area contributed by atoms with E-state index in [2.05, 4.69) is 4.98 Å². The predicted octanol–water partition coefficient (Wildman–Crippen LogP) is 1.43. The van der Waals surface area contributed by atoms with Crippen molar-refractivity contribution in [2.45, 2.75) is 30.9 Å². The number of aromatic nitrogens is 2. The smallest absolute Gasteiger partial charge is 0.153 e. The summed E-state index contributed by atoms with van der Waals surface area (Å²) in [5, 5.41) is -0.285. The highest BCUT2D eigenvalue weighted by Crippen LogP contribution is 2.23. The predicted molar refractivity (Wildman–Crippen MR) is 74.7 cm³/mol. The van der Waals surface area contributed by atoms with Crippen molar-refractivity contribution in [1.82, 2.24) is 9.38 Å². The van der Waals surface area contributed by atoms with Gasteiger partial charge in [-0.05, 0) is 25.0 Å². The summed E-state index contributed by atoms with van der Waals surface area (Å²) in [6.45, 7) is 0. The summed E-state index contributed by atoms with van der Waals surface area (Å²) < 4.78 is 25.8. The molecule has 1 aliphatic rings. The lowest BCUT2D eigenvalue weighted by Gasteiger charge is -2.21. The fourth-order valence-corrected chi connectivity index (χ4v) is 4.55. The first-order chi connectivity index (χ1) is 9.06. The summed E-state index contributed by atoms with van der Waals surface area (Å²) in [7, 11) is -2.95. The minimum Gasteiger partial charge on any atom is -0.385 e. The van der Waals surface area contributed by atoms with Crippen molar-refractivity contribution < 1.29 is 8.42 Å². The van der Waals surface area contributed by atoms with Gasteiger partial charge in [0.05, 0.1) is 16.7 Å². The van der Waals surface area contributed by atoms with Crippen LogP contribution in [0.2, 0.25) is 0 Å². The molecule has 0 aliphatic carbocycles. The van der Waals surface area contributed by atoms with Gasteiger partial charge in [0.1, 0.15) is 11.5 Å². The zero-order valence-corrected chi connectivity index (χ0v) is 11.4. The second kappa shape index (κ2) is 4.52. The zero-order valence-electron chi connectivity index (χ0n) is 10.6. The minimum atomic E-state index is -2.95. The molecule has 1 fully saturated rings. The Labute approximate surface area is 112 Å². The Morgan fingerprint density at radius 2 is 2.21 bits per heavy atom. The molecule has 1 saturated heterocycles. The molecule has 102 valence electrons. The highest BCUT2D eigenvalue weighted by atomic mass is 32.2. The van der Waals surface area contributed by atoms with Gasteiger partial charge in [-0.15, -0.1) is 0 Å². The van der Waals surface area contributed by atoms with Crippen LogP contribution < -0.4 is 5.73 Å². The van der Waals surface area contributed by atoms with E-state index in [1.165, 1.54) is 0 Å². The summed E-state index contributed by atoms with van der Waals surface area (Å²) in [6.07, 6.45) is 4.85. The van der Waals surface area contributed by atoms with E-state index in [-0.39, 0.29) is 5.25 Å². The highest BCUT2D eigenvalue weighted by Gasteiger charge is 2.29. The van der Waals surface area contributed by atoms with Crippen molar-refractivity contribution in [3.8, 4) is 0 Å². The van der Waals surface area contributed by atoms with Crippen LogP contribution in [0.25, 0.3) is 5.65 Å². The molecule has 1 aliphatic heterocycles. The van der Waals surface area contributed by atoms with Crippen LogP contribution in [0.4, 0.5) is 5.82 Å². The lowest BCUT2D eigenvalue weighted by atomic mass is 10.1. The molecule has 3 heterocycles. The normalized spacial score (nSPS) is 22.6. The number of nitrogen functional groups attached to an aromatic ring is 1. The number of pyridine rings is 1. The van der Waals surface area contributed by atoms with Gasteiger partial charge in [0.25, 0.3) is 0 Å². The second-order valence-corrected chi connectivity index (χ2v) is 7.50. The van der Waals surface area contributed by atoms with Crippen LogP contribution in [0.5, 0.6) is 0 Å². The van der Waals surface area contributed by atoms with Crippen LogP contribution in [-0.4, -0.2) is 28.8 Å². The van der Waals surface area contributed by atoms with E-state index < -0.39 is 9.84 Å². The van der Waals surface area contributed by atoms with E-state index in [0.29, 0.717) is 18.0 Å². The number of nitrogens with two attached hydrogens (primary N) is 1. The third-order valence-corrected chi connectivity index (χ3v) is 6.00. The molecule has 2 aromatic heterocycles. The zero-order chi connectivity index (χ0) is 13.5. The molecule has 2 aromatic rings. The van der Waals surface area contributed by atoms with E-state index in [4.69, 9.17) is 5.73 Å². The molecule has 5 nitrogen and oxygen atoms in total. The van der Waals surface area contributed by atoms with E-state index in [0.717, 1.165) is 30.6 Å². The van der Waals surface area contributed by atoms with Crippen LogP contribution in [0.15, 0.2) is 24.4 Å². The van der Waals surface area contributed by atoms with E-state index in [1.807, 2.05) is 18.3 Å². The maximum Gasteiger partial charge on any atom is 0.153 e. The first kappa shape index (κ1) is 12.5. The summed E-state index contributed by atoms with van der Waals surface area (Å²) in [5.74, 6) is 0.926. The van der Waals surface area contributed by atoms with Crippen molar-refractivity contribution in [1.29, 1.82) is 0 Å². The summed E-state index contributed by atoms with van der Waals surface area (Å²) in [6, 6.07) is 5.52. The van der Waals surface area contributed by atoms with Crippen molar-refractivity contribution in [3.63, 3.8) is 0 Å². The molecule has 3 rings (SSSR count). The molecule has 0 aromatic carbocycles. The Morgan fingerprint density at radius 1 is 1.37 bits per heavy atom. The second-order valence-electron chi connectivity index (χ2n) is 5.10. The molecule has 0 spiro atoms. The van der Waals surface area contributed by atoms with Gasteiger partial charge in [0.2, 0.25) is 0 Å². The number of anilines is 1. The van der Waals surface area contributed by atoms with E-state index in [1.54, 1.807) is 10.5 Å². The maximum absolute atomic E-state index is 12.0. The quantitative estimate of drug-likeness (QED) is 0.902. The maximum atomic E-state index is 12.0. The van der Waals surface area contributed by atoms with E-state index in [9.17, 15) is 8.42 Å². The Balaban J connectivity index is 1.91. The van der Waals surface area contributed by atoms with Crippen LogP contribution in [-0.2, 0) is 16.3 Å². The largest absolute Gasteiger partial charge is 0.385 e. The number of imidazole rings is 1. The van der Waals surface area contributed by atoms with E-state index >= 15 is 0 Å². The highest BCUT2D eigenvalue weighted by molar-refractivity contribution is 7.92. The fraction of sp³-hybridized carbons (Fsp3) is 0.462. The summed E-state index contributed by atoms with van der Waals surface area (Å²) in [5.41, 5.74) is 7.43. The molecule has 19 heavy (non-hydrogen) atoms. The van der Waals surface area contributed by atoms with Crippen molar-refractivity contribution in [2.75, 3.05) is 11.5 Å². The van der Waals surface area contributed by atoms with Gasteiger partial charge in [0, 0.05) is 12.6 Å².